The van der Waals surface area contributed by atoms with Gasteiger partial charge in [-0.1, -0.05) is 11.3 Å². The van der Waals surface area contributed by atoms with Gasteiger partial charge in [-0.3, -0.25) is 14.2 Å². The quantitative estimate of drug-likeness (QED) is 0.343. The molecule has 12 nitrogen and oxygen atoms in total. The predicted octanol–water partition coefficient (Wildman–Crippen LogP) is 2.11. The van der Waals surface area contributed by atoms with Gasteiger partial charge in [0.05, 0.1) is 31.0 Å². The van der Waals surface area contributed by atoms with Crippen molar-refractivity contribution in [2.45, 2.75) is 57.7 Å². The summed E-state index contributed by atoms with van der Waals surface area (Å²) in [6.07, 6.45) is 5.92. The number of halogens is 1. The van der Waals surface area contributed by atoms with Crippen LogP contribution in [0.2, 0.25) is 0 Å². The molecule has 1 amide bonds. The van der Waals surface area contributed by atoms with E-state index in [1.165, 1.54) is 58.4 Å². The largest absolute Gasteiger partial charge is 0.496 e. The first-order valence-electron chi connectivity index (χ1n) is 13.8. The highest BCUT2D eigenvalue weighted by Crippen LogP contribution is 2.31. The molecule has 14 heteroatoms. The number of fused-ring (bicyclic) bond motifs is 1. The maximum Gasteiger partial charge on any atom is 0.332 e. The lowest BCUT2D eigenvalue weighted by Gasteiger charge is -2.24. The molecule has 0 radical (unpaired) electrons. The SMILES string of the molecule is COc1ccc(F)cc1CCn1c(=O)n(C2CCCNC2=O)c(=O)c2c(C)c(-n3nccn3)sc21.OC1CCOCC1. The molecule has 0 bridgehead atoms. The number of aliphatic hydroxyl groups is 1. The second-order valence-corrected chi connectivity index (χ2v) is 11.1. The third-order valence-electron chi connectivity index (χ3n) is 7.42. The van der Waals surface area contributed by atoms with Crippen molar-refractivity contribution in [3.05, 3.63) is 68.4 Å². The van der Waals surface area contributed by atoms with Crippen LogP contribution in [0.1, 0.15) is 42.9 Å². The van der Waals surface area contributed by atoms with Crippen LogP contribution in [0.4, 0.5) is 4.39 Å². The van der Waals surface area contributed by atoms with Crippen molar-refractivity contribution >= 4 is 27.5 Å². The fourth-order valence-electron chi connectivity index (χ4n) is 5.20. The zero-order chi connectivity index (χ0) is 29.8. The number of nitrogens with one attached hydrogen (secondary N) is 1. The molecule has 2 aliphatic heterocycles. The fourth-order valence-corrected chi connectivity index (χ4v) is 6.43. The van der Waals surface area contributed by atoms with Crippen LogP contribution in [0.5, 0.6) is 5.75 Å². The monoisotopic (exact) mass is 600 g/mol. The van der Waals surface area contributed by atoms with Crippen molar-refractivity contribution in [1.82, 2.24) is 29.4 Å². The number of thiophene rings is 1. The number of methoxy groups -OCH3 is 1. The van der Waals surface area contributed by atoms with Crippen molar-refractivity contribution in [2.75, 3.05) is 26.9 Å². The average molecular weight is 601 g/mol. The second-order valence-electron chi connectivity index (χ2n) is 10.1. The van der Waals surface area contributed by atoms with Gasteiger partial charge in [0, 0.05) is 31.9 Å². The van der Waals surface area contributed by atoms with Gasteiger partial charge in [0.25, 0.3) is 5.56 Å². The number of aromatic nitrogens is 5. The molecule has 0 saturated carbocycles. The number of carbonyl (C=O) groups excluding carboxylic acids is 1. The van der Waals surface area contributed by atoms with Gasteiger partial charge >= 0.3 is 5.69 Å². The van der Waals surface area contributed by atoms with Gasteiger partial charge in [-0.05, 0) is 62.8 Å². The van der Waals surface area contributed by atoms with E-state index < -0.39 is 23.1 Å². The summed E-state index contributed by atoms with van der Waals surface area (Å²) < 4.78 is 26.8. The van der Waals surface area contributed by atoms with Gasteiger partial charge in [0.15, 0.2) is 0 Å². The average Bonchev–Trinajstić information content (AvgIpc) is 3.63. The van der Waals surface area contributed by atoms with E-state index in [0.717, 1.165) is 30.6 Å². The Morgan fingerprint density at radius 3 is 2.55 bits per heavy atom. The van der Waals surface area contributed by atoms with Crippen molar-refractivity contribution in [3.8, 4) is 10.8 Å². The van der Waals surface area contributed by atoms with Crippen molar-refractivity contribution in [1.29, 1.82) is 0 Å². The third-order valence-corrected chi connectivity index (χ3v) is 8.70. The Balaban J connectivity index is 0.000000442. The summed E-state index contributed by atoms with van der Waals surface area (Å²) in [6, 6.07) is 3.31. The second kappa shape index (κ2) is 13.0. The predicted molar refractivity (Wildman–Crippen MR) is 154 cm³/mol. The number of hydrogen-bond acceptors (Lipinski definition) is 9. The fraction of sp³-hybridized carbons (Fsp3) is 0.464. The number of ether oxygens (including phenoxy) is 2. The summed E-state index contributed by atoms with van der Waals surface area (Å²) in [5.74, 6) is -0.268. The number of hydrogen-bond donors (Lipinski definition) is 2. The topological polar surface area (TPSA) is 142 Å². The lowest BCUT2D eigenvalue weighted by Crippen LogP contribution is -2.49. The van der Waals surface area contributed by atoms with Gasteiger partial charge in [-0.15, -0.1) is 4.80 Å². The summed E-state index contributed by atoms with van der Waals surface area (Å²) in [4.78, 5) is 41.8. The van der Waals surface area contributed by atoms with Gasteiger partial charge < -0.3 is 19.9 Å². The number of nitrogens with zero attached hydrogens (tertiary/aromatic N) is 5. The first-order chi connectivity index (χ1) is 20.3. The summed E-state index contributed by atoms with van der Waals surface area (Å²) >= 11 is 1.22. The molecular formula is C28H33FN6O6S. The Labute approximate surface area is 244 Å². The summed E-state index contributed by atoms with van der Waals surface area (Å²) in [5.41, 5.74) is 0.108. The van der Waals surface area contributed by atoms with E-state index in [1.807, 2.05) is 0 Å². The van der Waals surface area contributed by atoms with E-state index in [2.05, 4.69) is 15.5 Å². The molecule has 2 fully saturated rings. The van der Waals surface area contributed by atoms with Crippen LogP contribution in [-0.4, -0.2) is 68.1 Å². The minimum atomic E-state index is -0.895. The van der Waals surface area contributed by atoms with E-state index in [-0.39, 0.29) is 25.0 Å². The van der Waals surface area contributed by atoms with Crippen LogP contribution in [0, 0.1) is 12.7 Å². The normalized spacial score (nSPS) is 17.5. The molecule has 5 heterocycles. The molecule has 0 spiro atoms. The third kappa shape index (κ3) is 6.01. The number of rotatable bonds is 6. The zero-order valence-corrected chi connectivity index (χ0v) is 24.2. The molecule has 2 aliphatic rings. The van der Waals surface area contributed by atoms with Crippen LogP contribution < -0.4 is 21.3 Å². The minimum Gasteiger partial charge on any atom is -0.496 e. The molecule has 1 aromatic carbocycles. The molecule has 2 saturated heterocycles. The van der Waals surface area contributed by atoms with Crippen molar-refractivity contribution in [3.63, 3.8) is 0 Å². The molecule has 0 aliphatic carbocycles. The Bertz CT molecular complexity index is 1670. The van der Waals surface area contributed by atoms with Crippen LogP contribution in [0.3, 0.4) is 0 Å². The number of benzene rings is 1. The molecule has 6 rings (SSSR count). The van der Waals surface area contributed by atoms with Crippen LogP contribution in [0.25, 0.3) is 15.2 Å². The minimum absolute atomic E-state index is 0.0891. The van der Waals surface area contributed by atoms with Crippen molar-refractivity contribution < 1.29 is 23.8 Å². The maximum absolute atomic E-state index is 13.9. The number of carbonyl (C=O) groups is 1. The zero-order valence-electron chi connectivity index (χ0n) is 23.4. The number of aliphatic hydroxyl groups excluding tert-OH is 1. The highest BCUT2D eigenvalue weighted by molar-refractivity contribution is 7.21. The maximum atomic E-state index is 13.9. The summed E-state index contributed by atoms with van der Waals surface area (Å²) in [6.45, 7) is 3.90. The van der Waals surface area contributed by atoms with E-state index in [0.29, 0.717) is 51.5 Å². The smallest absolute Gasteiger partial charge is 0.332 e. The van der Waals surface area contributed by atoms with Gasteiger partial charge in [0.1, 0.15) is 27.4 Å². The van der Waals surface area contributed by atoms with E-state index >= 15 is 0 Å². The molecular weight excluding hydrogens is 567 g/mol. The summed E-state index contributed by atoms with van der Waals surface area (Å²) in [5, 5.41) is 20.9. The highest BCUT2D eigenvalue weighted by atomic mass is 32.1. The lowest BCUT2D eigenvalue weighted by atomic mass is 10.1. The molecule has 4 aromatic rings. The van der Waals surface area contributed by atoms with Crippen LogP contribution >= 0.6 is 11.3 Å². The van der Waals surface area contributed by atoms with Crippen LogP contribution in [-0.2, 0) is 22.5 Å². The molecule has 1 unspecified atom stereocenters. The number of piperidine rings is 1. The first kappa shape index (κ1) is 29.6. The first-order valence-corrected chi connectivity index (χ1v) is 14.6. The van der Waals surface area contributed by atoms with Gasteiger partial charge in [-0.2, -0.15) is 10.2 Å². The Kier molecular flexibility index (Phi) is 9.14. The standard InChI is InChI=1S/C23H23FN6O4S.C5H10O2/c1-13-18-20(32)29(16-4-3-8-25-19(16)31)23(33)28(22(18)35-21(13)30-26-9-10-27-30)11-7-14-12-15(24)5-6-17(14)34-2;6-5-1-3-7-4-2-5/h5-6,9-10,12,16H,3-4,7-8,11H2,1-2H3,(H,25,31);5-6H,1-4H2. The molecule has 224 valence electrons. The molecule has 2 N–H and O–H groups in total. The van der Waals surface area contributed by atoms with Crippen LogP contribution in [0.15, 0.2) is 40.2 Å². The summed E-state index contributed by atoms with van der Waals surface area (Å²) in [7, 11) is 1.50. The van der Waals surface area contributed by atoms with Gasteiger partial charge in [-0.25, -0.2) is 13.8 Å². The highest BCUT2D eigenvalue weighted by Gasteiger charge is 2.30. The Hall–Kier alpha value is -3.88. The molecule has 3 aromatic heterocycles. The van der Waals surface area contributed by atoms with E-state index in [9.17, 15) is 18.8 Å². The molecule has 1 atom stereocenters. The Morgan fingerprint density at radius 1 is 1.17 bits per heavy atom. The Morgan fingerprint density at radius 2 is 1.90 bits per heavy atom. The number of amides is 1. The lowest BCUT2D eigenvalue weighted by molar-refractivity contribution is -0.126. The van der Waals surface area contributed by atoms with Crippen molar-refractivity contribution in [2.24, 2.45) is 0 Å². The molecule has 42 heavy (non-hydrogen) atoms. The van der Waals surface area contributed by atoms with Gasteiger partial charge in [0.2, 0.25) is 5.91 Å². The number of aryl methyl sites for hydroxylation is 3. The van der Waals surface area contributed by atoms with E-state index in [4.69, 9.17) is 14.6 Å². The van der Waals surface area contributed by atoms with E-state index in [1.54, 1.807) is 6.92 Å².